The maximum Gasteiger partial charge on any atom is 0.435 e. The topological polar surface area (TPSA) is 154 Å². The molecule has 3 aromatic rings. The number of benzene rings is 1. The van der Waals surface area contributed by atoms with Crippen LogP contribution in [0.5, 0.6) is 0 Å². The van der Waals surface area contributed by atoms with Gasteiger partial charge in [0, 0.05) is 68.4 Å². The molecule has 0 unspecified atom stereocenters. The predicted octanol–water partition coefficient (Wildman–Crippen LogP) is 3.25. The molecule has 1 atom stereocenters. The highest BCUT2D eigenvalue weighted by Crippen LogP contribution is 2.38. The van der Waals surface area contributed by atoms with E-state index in [9.17, 15) is 32.4 Å². The maximum atomic E-state index is 16.1. The zero-order valence-corrected chi connectivity index (χ0v) is 27.9. The zero-order chi connectivity index (χ0) is 34.8. The number of halogens is 4. The van der Waals surface area contributed by atoms with Gasteiger partial charge in [0.2, 0.25) is 21.8 Å². The second kappa shape index (κ2) is 14.5. The van der Waals surface area contributed by atoms with E-state index < -0.39 is 49.6 Å². The van der Waals surface area contributed by atoms with E-state index in [1.54, 1.807) is 12.1 Å². The van der Waals surface area contributed by atoms with Crippen molar-refractivity contribution in [2.45, 2.75) is 43.2 Å². The highest BCUT2D eigenvalue weighted by Gasteiger charge is 2.60. The van der Waals surface area contributed by atoms with Crippen LogP contribution in [0.25, 0.3) is 10.6 Å². The predicted molar refractivity (Wildman–Crippen MR) is 166 cm³/mol. The van der Waals surface area contributed by atoms with Crippen molar-refractivity contribution in [3.05, 3.63) is 52.0 Å². The third kappa shape index (κ3) is 7.09. The Hall–Kier alpha value is -3.55. The number of thiophene rings is 1. The Labute approximate surface area is 282 Å². The molecule has 2 amide bonds. The number of piperazine rings is 1. The lowest BCUT2D eigenvalue weighted by Crippen LogP contribution is -2.62. The van der Waals surface area contributed by atoms with Gasteiger partial charge in [-0.3, -0.25) is 14.5 Å². The molecule has 0 saturated carbocycles. The molecule has 4 heterocycles. The Morgan fingerprint density at radius 3 is 2.52 bits per heavy atom. The van der Waals surface area contributed by atoms with Crippen LogP contribution in [0.3, 0.4) is 0 Å². The van der Waals surface area contributed by atoms with Crippen molar-refractivity contribution in [1.82, 2.24) is 19.3 Å². The Balaban J connectivity index is 1.62. The Morgan fingerprint density at radius 1 is 1.19 bits per heavy atom. The second-order valence-corrected chi connectivity index (χ2v) is 14.7. The summed E-state index contributed by atoms with van der Waals surface area (Å²) in [6, 6.07) is 0.550. The van der Waals surface area contributed by atoms with Gasteiger partial charge in [0.15, 0.2) is 5.76 Å². The highest BCUT2D eigenvalue weighted by molar-refractivity contribution is 7.89. The molecule has 2 saturated heterocycles. The van der Waals surface area contributed by atoms with Gasteiger partial charge in [0.25, 0.3) is 0 Å². The molecular weight excluding hydrogens is 703 g/mol. The quantitative estimate of drug-likeness (QED) is 0.275. The third-order valence-electron chi connectivity index (χ3n) is 8.19. The van der Waals surface area contributed by atoms with Gasteiger partial charge >= 0.3 is 12.0 Å². The number of aromatic nitrogens is 1. The lowest BCUT2D eigenvalue weighted by Gasteiger charge is -2.39. The summed E-state index contributed by atoms with van der Waals surface area (Å²) in [6.07, 6.45) is -0.139. The minimum absolute atomic E-state index is 0.0360. The largest absolute Gasteiger partial charge is 0.435 e. The molecule has 2 aliphatic rings. The van der Waals surface area contributed by atoms with Gasteiger partial charge in [-0.25, -0.2) is 18.2 Å². The van der Waals surface area contributed by atoms with Crippen LogP contribution in [0.1, 0.15) is 24.1 Å². The van der Waals surface area contributed by atoms with Gasteiger partial charge in [0.05, 0.1) is 26.4 Å². The van der Waals surface area contributed by atoms with E-state index in [1.165, 1.54) is 30.0 Å². The molecule has 0 aliphatic carbocycles. The van der Waals surface area contributed by atoms with Crippen molar-refractivity contribution >= 4 is 56.4 Å². The van der Waals surface area contributed by atoms with Gasteiger partial charge in [-0.1, -0.05) is 22.8 Å². The molecule has 1 N–H and O–H groups in total. The van der Waals surface area contributed by atoms with Crippen LogP contribution in [0.4, 0.5) is 19.0 Å². The standard InChI is InChI=1S/C29H31ClF3N5O8S2/c1-18-20(37-9-3-6-26(37)40)4-2-5-24(18)48(43,44)38(29(31,32)28(42)45-33)21(27(41)36-12-10-35(11-13-36)14-15-39)16-19-17-22(46-34-19)23-7-8-25(30)47-23/h2,4-5,7-8,17,21,39H,3,6,9-16H2,1H3/t21-/m0/s1. The number of sulfonamides is 1. The van der Waals surface area contributed by atoms with Crippen molar-refractivity contribution in [2.75, 3.05) is 50.8 Å². The summed E-state index contributed by atoms with van der Waals surface area (Å²) in [5, 5.41) is 13.2. The lowest BCUT2D eigenvalue weighted by molar-refractivity contribution is -0.230. The average Bonchev–Trinajstić information content (AvgIpc) is 3.81. The van der Waals surface area contributed by atoms with Crippen molar-refractivity contribution in [3.8, 4) is 10.6 Å². The molecule has 2 fully saturated rings. The monoisotopic (exact) mass is 733 g/mol. The van der Waals surface area contributed by atoms with Crippen LogP contribution >= 0.6 is 22.9 Å². The summed E-state index contributed by atoms with van der Waals surface area (Å²) in [5.41, 5.74) is -0.109. The van der Waals surface area contributed by atoms with Crippen LogP contribution < -0.4 is 4.90 Å². The number of carbonyl (C=O) groups excluding carboxylic acids is 3. The van der Waals surface area contributed by atoms with Crippen LogP contribution in [0, 0.1) is 6.92 Å². The summed E-state index contributed by atoms with van der Waals surface area (Å²) < 4.78 is 79.3. The summed E-state index contributed by atoms with van der Waals surface area (Å²) in [6.45, 7) is 2.06. The number of anilines is 1. The number of β-amino-alcohol motifs (C(OH)–C–C–N with tert-alkyl or cyclic N) is 1. The van der Waals surface area contributed by atoms with Crippen molar-refractivity contribution in [2.24, 2.45) is 0 Å². The third-order valence-corrected chi connectivity index (χ3v) is 11.4. The molecule has 0 spiro atoms. The second-order valence-electron chi connectivity index (χ2n) is 11.2. The van der Waals surface area contributed by atoms with Gasteiger partial charge in [0.1, 0.15) is 6.04 Å². The molecule has 260 valence electrons. The fraction of sp³-hybridized carbons (Fsp3) is 0.448. The first-order valence-corrected chi connectivity index (χ1v) is 17.4. The molecule has 2 aliphatic heterocycles. The number of alkyl halides is 2. The average molecular weight is 734 g/mol. The van der Waals surface area contributed by atoms with Gasteiger partial charge < -0.3 is 19.4 Å². The molecule has 0 bridgehead atoms. The molecule has 13 nitrogen and oxygen atoms in total. The molecular formula is C29H31ClF3N5O8S2. The van der Waals surface area contributed by atoms with Crippen molar-refractivity contribution in [1.29, 1.82) is 0 Å². The van der Waals surface area contributed by atoms with E-state index in [2.05, 4.69) is 10.1 Å². The minimum Gasteiger partial charge on any atom is -0.395 e. The van der Waals surface area contributed by atoms with Gasteiger partial charge in [-0.2, -0.15) is 8.78 Å². The number of rotatable bonds is 12. The molecule has 5 rings (SSSR count). The fourth-order valence-corrected chi connectivity index (χ4v) is 8.64. The maximum absolute atomic E-state index is 16.1. The fourth-order valence-electron chi connectivity index (χ4n) is 5.82. The zero-order valence-electron chi connectivity index (χ0n) is 25.5. The summed E-state index contributed by atoms with van der Waals surface area (Å²) in [4.78, 5) is 45.9. The van der Waals surface area contributed by atoms with Crippen molar-refractivity contribution < 1.29 is 50.7 Å². The van der Waals surface area contributed by atoms with E-state index >= 15 is 8.78 Å². The normalized spacial score (nSPS) is 16.9. The van der Waals surface area contributed by atoms with E-state index in [0.717, 1.165) is 22.3 Å². The van der Waals surface area contributed by atoms with Crippen molar-refractivity contribution in [3.63, 3.8) is 0 Å². The number of hydrogen-bond acceptors (Lipinski definition) is 11. The van der Waals surface area contributed by atoms with Crippen LogP contribution in [-0.4, -0.2) is 109 Å². The molecule has 2 aromatic heterocycles. The van der Waals surface area contributed by atoms with E-state index in [1.807, 2.05) is 4.90 Å². The smallest absolute Gasteiger partial charge is 0.395 e. The first-order valence-electron chi connectivity index (χ1n) is 14.8. The first kappa shape index (κ1) is 35.7. The number of hydrogen-bond donors (Lipinski definition) is 1. The number of aliphatic hydroxyl groups is 1. The molecule has 0 radical (unpaired) electrons. The van der Waals surface area contributed by atoms with E-state index in [0.29, 0.717) is 15.6 Å². The van der Waals surface area contributed by atoms with E-state index in [4.69, 9.17) is 16.1 Å². The summed E-state index contributed by atoms with van der Waals surface area (Å²) >= 11 is 7.13. The summed E-state index contributed by atoms with van der Waals surface area (Å²) in [7, 11) is -5.57. The Morgan fingerprint density at radius 2 is 1.92 bits per heavy atom. The van der Waals surface area contributed by atoms with Crippen LogP contribution in [0.15, 0.2) is 45.8 Å². The van der Waals surface area contributed by atoms with Crippen LogP contribution in [0.2, 0.25) is 4.34 Å². The summed E-state index contributed by atoms with van der Waals surface area (Å²) in [5.74, 6) is -4.15. The number of aliphatic hydroxyl groups excluding tert-OH is 1. The number of carbonyl (C=O) groups is 3. The van der Waals surface area contributed by atoms with Gasteiger partial charge in [-0.05, 0) is 43.2 Å². The lowest BCUT2D eigenvalue weighted by atomic mass is 10.1. The molecule has 19 heteroatoms. The van der Waals surface area contributed by atoms with Gasteiger partial charge in [-0.15, -0.1) is 15.6 Å². The number of amides is 2. The Kier molecular flexibility index (Phi) is 10.8. The van der Waals surface area contributed by atoms with E-state index in [-0.39, 0.29) is 80.9 Å². The Bertz CT molecular complexity index is 1780. The number of nitrogens with zero attached hydrogens (tertiary/aromatic N) is 5. The minimum atomic E-state index is -5.57. The molecule has 48 heavy (non-hydrogen) atoms. The highest BCUT2D eigenvalue weighted by atomic mass is 35.5. The first-order chi connectivity index (χ1) is 22.8. The van der Waals surface area contributed by atoms with Crippen LogP contribution in [-0.2, 0) is 35.8 Å². The SMILES string of the molecule is Cc1c(N2CCCC2=O)cccc1S(=O)(=O)N([C@@H](Cc1cc(-c2ccc(Cl)s2)on1)C(=O)N1CCN(CCO)CC1)C(F)(F)C(=O)OF. The molecule has 1 aromatic carbocycles.